The third-order valence-corrected chi connectivity index (χ3v) is 2.62. The fourth-order valence-electron chi connectivity index (χ4n) is 1.52. The number of nitrogens with zero attached hydrogens (tertiary/aromatic N) is 2. The second-order valence-corrected chi connectivity index (χ2v) is 4.64. The molecule has 1 heterocycles. The summed E-state index contributed by atoms with van der Waals surface area (Å²) in [5.74, 6) is 1.39. The van der Waals surface area contributed by atoms with Crippen LogP contribution in [0.25, 0.3) is 0 Å². The first-order valence-electron chi connectivity index (χ1n) is 4.68. The predicted octanol–water partition coefficient (Wildman–Crippen LogP) is 1.70. The molecular formula is C9H18N2OS. The van der Waals surface area contributed by atoms with Gasteiger partial charge < -0.3 is 9.80 Å². The summed E-state index contributed by atoms with van der Waals surface area (Å²) in [6, 6.07) is 0.211. The topological polar surface area (TPSA) is 23.6 Å². The van der Waals surface area contributed by atoms with Crippen LogP contribution in [0.15, 0.2) is 0 Å². The minimum atomic E-state index is 0.211. The van der Waals surface area contributed by atoms with E-state index >= 15 is 0 Å². The smallest absolute Gasteiger partial charge is 0.320 e. The highest BCUT2D eigenvalue weighted by Gasteiger charge is 2.27. The maximum atomic E-state index is 11.7. The fourth-order valence-corrected chi connectivity index (χ4v) is 2.07. The van der Waals surface area contributed by atoms with Gasteiger partial charge in [0, 0.05) is 19.6 Å². The molecule has 3 nitrogen and oxygen atoms in total. The highest BCUT2D eigenvalue weighted by atomic mass is 32.2. The first-order chi connectivity index (χ1) is 6.15. The van der Waals surface area contributed by atoms with E-state index in [1.165, 1.54) is 0 Å². The van der Waals surface area contributed by atoms with Crippen LogP contribution >= 0.6 is 11.8 Å². The number of amides is 2. The van der Waals surface area contributed by atoms with Gasteiger partial charge in [-0.25, -0.2) is 4.79 Å². The van der Waals surface area contributed by atoms with Crippen molar-refractivity contribution in [2.24, 2.45) is 5.92 Å². The van der Waals surface area contributed by atoms with Crippen molar-refractivity contribution < 1.29 is 4.79 Å². The zero-order valence-electron chi connectivity index (χ0n) is 8.62. The molecule has 0 atom stereocenters. The Hall–Kier alpha value is -0.380. The highest BCUT2D eigenvalue weighted by molar-refractivity contribution is 7.98. The molecule has 76 valence electrons. The standard InChI is InChI=1S/C9H18N2OS/c1-8(2)6-10-4-5-11(7-13-3)9(10)12/h8H,4-7H2,1-3H3. The van der Waals surface area contributed by atoms with Gasteiger partial charge in [0.1, 0.15) is 0 Å². The van der Waals surface area contributed by atoms with Gasteiger partial charge in [0.2, 0.25) is 0 Å². The normalized spacial score (nSPS) is 17.7. The first-order valence-corrected chi connectivity index (χ1v) is 6.07. The Balaban J connectivity index is 2.40. The Kier molecular flexibility index (Phi) is 3.90. The van der Waals surface area contributed by atoms with E-state index in [1.54, 1.807) is 11.8 Å². The summed E-state index contributed by atoms with van der Waals surface area (Å²) in [6.45, 7) is 6.97. The summed E-state index contributed by atoms with van der Waals surface area (Å²) in [5.41, 5.74) is 0. The summed E-state index contributed by atoms with van der Waals surface area (Å²) in [7, 11) is 0. The number of thioether (sulfide) groups is 1. The van der Waals surface area contributed by atoms with Crippen LogP contribution in [-0.4, -0.2) is 47.6 Å². The molecule has 4 heteroatoms. The van der Waals surface area contributed by atoms with Crippen molar-refractivity contribution in [1.29, 1.82) is 0 Å². The lowest BCUT2D eigenvalue weighted by molar-refractivity contribution is 0.193. The highest BCUT2D eigenvalue weighted by Crippen LogP contribution is 2.13. The zero-order chi connectivity index (χ0) is 9.84. The summed E-state index contributed by atoms with van der Waals surface area (Å²) < 4.78 is 0. The van der Waals surface area contributed by atoms with Crippen LogP contribution in [0.4, 0.5) is 4.79 Å². The molecule has 0 radical (unpaired) electrons. The zero-order valence-corrected chi connectivity index (χ0v) is 9.43. The van der Waals surface area contributed by atoms with Gasteiger partial charge in [-0.2, -0.15) is 0 Å². The van der Waals surface area contributed by atoms with Crippen LogP contribution in [0.3, 0.4) is 0 Å². The molecule has 1 fully saturated rings. The van der Waals surface area contributed by atoms with Crippen molar-refractivity contribution in [2.75, 3.05) is 31.8 Å². The molecule has 0 saturated carbocycles. The summed E-state index contributed by atoms with van der Waals surface area (Å²) in [5, 5.41) is 0. The largest absolute Gasteiger partial charge is 0.323 e. The van der Waals surface area contributed by atoms with Crippen molar-refractivity contribution in [2.45, 2.75) is 13.8 Å². The van der Waals surface area contributed by atoms with E-state index in [-0.39, 0.29) is 6.03 Å². The quantitative estimate of drug-likeness (QED) is 0.693. The Morgan fingerprint density at radius 1 is 1.38 bits per heavy atom. The lowest BCUT2D eigenvalue weighted by Gasteiger charge is -2.19. The predicted molar refractivity (Wildman–Crippen MR) is 56.9 cm³/mol. The van der Waals surface area contributed by atoms with Crippen molar-refractivity contribution in [1.82, 2.24) is 9.80 Å². The minimum Gasteiger partial charge on any atom is -0.323 e. The molecule has 1 saturated heterocycles. The maximum absolute atomic E-state index is 11.7. The van der Waals surface area contributed by atoms with E-state index in [1.807, 2.05) is 16.1 Å². The summed E-state index contributed by atoms with van der Waals surface area (Å²) in [6.07, 6.45) is 2.03. The number of hydrogen-bond donors (Lipinski definition) is 0. The lowest BCUT2D eigenvalue weighted by Crippen LogP contribution is -2.33. The summed E-state index contributed by atoms with van der Waals surface area (Å²) in [4.78, 5) is 15.5. The average Bonchev–Trinajstić information content (AvgIpc) is 2.36. The van der Waals surface area contributed by atoms with Gasteiger partial charge in [-0.3, -0.25) is 0 Å². The molecule has 0 N–H and O–H groups in total. The van der Waals surface area contributed by atoms with Crippen molar-refractivity contribution >= 4 is 17.8 Å². The van der Waals surface area contributed by atoms with Gasteiger partial charge in [0.25, 0.3) is 0 Å². The second kappa shape index (κ2) is 4.74. The van der Waals surface area contributed by atoms with E-state index < -0.39 is 0 Å². The minimum absolute atomic E-state index is 0.211. The lowest BCUT2D eigenvalue weighted by atomic mass is 10.2. The van der Waals surface area contributed by atoms with E-state index in [0.717, 1.165) is 25.5 Å². The number of hydrogen-bond acceptors (Lipinski definition) is 2. The van der Waals surface area contributed by atoms with Crippen molar-refractivity contribution in [3.63, 3.8) is 0 Å². The van der Waals surface area contributed by atoms with Crippen LogP contribution in [0.1, 0.15) is 13.8 Å². The number of rotatable bonds is 4. The molecular weight excluding hydrogens is 184 g/mol. The van der Waals surface area contributed by atoms with Crippen LogP contribution in [0.5, 0.6) is 0 Å². The van der Waals surface area contributed by atoms with Crippen molar-refractivity contribution in [3.8, 4) is 0 Å². The molecule has 0 spiro atoms. The van der Waals surface area contributed by atoms with Crippen LogP contribution in [-0.2, 0) is 0 Å². The Morgan fingerprint density at radius 3 is 2.54 bits per heavy atom. The Morgan fingerprint density at radius 2 is 2.00 bits per heavy atom. The number of carbonyl (C=O) groups excluding carboxylic acids is 1. The third kappa shape index (κ3) is 2.79. The number of urea groups is 1. The Bertz CT molecular complexity index is 184. The fraction of sp³-hybridized carbons (Fsp3) is 0.889. The van der Waals surface area contributed by atoms with Crippen molar-refractivity contribution in [3.05, 3.63) is 0 Å². The maximum Gasteiger partial charge on any atom is 0.320 e. The van der Waals surface area contributed by atoms with Crippen LogP contribution in [0.2, 0.25) is 0 Å². The van der Waals surface area contributed by atoms with E-state index in [9.17, 15) is 4.79 Å². The van der Waals surface area contributed by atoms with Gasteiger partial charge in [-0.05, 0) is 12.2 Å². The molecule has 0 aromatic carbocycles. The first kappa shape index (κ1) is 10.7. The van der Waals surface area contributed by atoms with E-state index in [4.69, 9.17) is 0 Å². The van der Waals surface area contributed by atoms with Gasteiger partial charge in [0.15, 0.2) is 0 Å². The van der Waals surface area contributed by atoms with Gasteiger partial charge >= 0.3 is 6.03 Å². The molecule has 1 aliphatic heterocycles. The van der Waals surface area contributed by atoms with Crippen LogP contribution in [0, 0.1) is 5.92 Å². The average molecular weight is 202 g/mol. The Labute approximate surface area is 84.5 Å². The molecule has 13 heavy (non-hydrogen) atoms. The van der Waals surface area contributed by atoms with E-state index in [2.05, 4.69) is 13.8 Å². The molecule has 0 bridgehead atoms. The van der Waals surface area contributed by atoms with Gasteiger partial charge in [-0.15, -0.1) is 11.8 Å². The molecule has 0 unspecified atom stereocenters. The molecule has 0 aliphatic carbocycles. The second-order valence-electron chi connectivity index (χ2n) is 3.80. The monoisotopic (exact) mass is 202 g/mol. The van der Waals surface area contributed by atoms with Gasteiger partial charge in [-0.1, -0.05) is 13.8 Å². The molecule has 0 aromatic heterocycles. The molecule has 1 aliphatic rings. The summed E-state index contributed by atoms with van der Waals surface area (Å²) >= 11 is 1.70. The molecule has 0 aromatic rings. The molecule has 1 rings (SSSR count). The molecule has 2 amide bonds. The van der Waals surface area contributed by atoms with Gasteiger partial charge in [0.05, 0.1) is 5.88 Å². The SMILES string of the molecule is CSCN1CCN(CC(C)C)C1=O. The van der Waals surface area contributed by atoms with E-state index in [0.29, 0.717) is 5.92 Å². The van der Waals surface area contributed by atoms with Crippen LogP contribution < -0.4 is 0 Å². The third-order valence-electron chi connectivity index (χ3n) is 2.05. The number of carbonyl (C=O) groups is 1.